The highest BCUT2D eigenvalue weighted by molar-refractivity contribution is 6.61. The monoisotopic (exact) mass is 357 g/mol. The van der Waals surface area contributed by atoms with Crippen LogP contribution in [0.15, 0.2) is 16.5 Å². The number of furan rings is 1. The lowest BCUT2D eigenvalue weighted by Crippen LogP contribution is -2.44. The average molecular weight is 357 g/mol. The summed E-state index contributed by atoms with van der Waals surface area (Å²) < 4.78 is 6.16. The molecule has 26 heavy (non-hydrogen) atoms. The molecule has 0 radical (unpaired) electrons. The molecular weight excluding hydrogens is 329 g/mol. The Labute approximate surface area is 154 Å². The maximum absolute atomic E-state index is 10.2. The summed E-state index contributed by atoms with van der Waals surface area (Å²) in [5.74, 6) is 1.22. The van der Waals surface area contributed by atoms with Crippen LogP contribution in [0.1, 0.15) is 70.2 Å². The lowest BCUT2D eigenvalue weighted by Gasteiger charge is -2.50. The number of benzene rings is 1. The zero-order chi connectivity index (χ0) is 18.9. The first kappa shape index (κ1) is 17.9. The van der Waals surface area contributed by atoms with E-state index in [1.54, 1.807) is 6.07 Å². The van der Waals surface area contributed by atoms with Gasteiger partial charge in [-0.1, -0.05) is 27.2 Å². The lowest BCUT2D eigenvalue weighted by atomic mass is 9.53. The SMILES string of the molecule is CC1(C)CCC[C@@]2(C)c3c(oc4c(B(O)O)cc(O)cc34)C(N)CCC12. The number of nitrogens with two attached hydrogens (primary N) is 1. The van der Waals surface area contributed by atoms with E-state index in [1.807, 2.05) is 0 Å². The summed E-state index contributed by atoms with van der Waals surface area (Å²) in [6.45, 7) is 6.98. The first-order valence-electron chi connectivity index (χ1n) is 9.56. The van der Waals surface area contributed by atoms with Crippen molar-refractivity contribution in [3.63, 3.8) is 0 Å². The number of phenols is 1. The largest absolute Gasteiger partial charge is 0.508 e. The van der Waals surface area contributed by atoms with E-state index in [4.69, 9.17) is 10.2 Å². The molecule has 0 saturated heterocycles. The number of phenolic OH excluding ortho intramolecular Hbond substituents is 1. The van der Waals surface area contributed by atoms with E-state index in [-0.39, 0.29) is 28.1 Å². The third-order valence-electron chi connectivity index (χ3n) is 7.01. The van der Waals surface area contributed by atoms with Crippen LogP contribution in [0.25, 0.3) is 11.0 Å². The Hall–Kier alpha value is -1.50. The fourth-order valence-corrected chi connectivity index (χ4v) is 5.88. The van der Waals surface area contributed by atoms with Crippen LogP contribution in [0.5, 0.6) is 5.75 Å². The van der Waals surface area contributed by atoms with Crippen LogP contribution < -0.4 is 11.2 Å². The zero-order valence-corrected chi connectivity index (χ0v) is 15.7. The van der Waals surface area contributed by atoms with Crippen molar-refractivity contribution < 1.29 is 19.6 Å². The molecule has 0 bridgehead atoms. The number of fused-ring (bicyclic) bond motifs is 5. The summed E-state index contributed by atoms with van der Waals surface area (Å²) in [6.07, 6.45) is 5.27. The van der Waals surface area contributed by atoms with Gasteiger partial charge in [0.1, 0.15) is 17.1 Å². The van der Waals surface area contributed by atoms with Gasteiger partial charge in [0.25, 0.3) is 0 Å². The van der Waals surface area contributed by atoms with Crippen molar-refractivity contribution in [1.29, 1.82) is 0 Å². The molecule has 0 amide bonds. The second-order valence-electron chi connectivity index (χ2n) is 9.12. The fraction of sp³-hybridized carbons (Fsp3) is 0.600. The van der Waals surface area contributed by atoms with Crippen LogP contribution in [-0.4, -0.2) is 22.3 Å². The van der Waals surface area contributed by atoms with Gasteiger partial charge in [0.05, 0.1) is 6.04 Å². The molecule has 4 rings (SSSR count). The zero-order valence-electron chi connectivity index (χ0n) is 15.7. The van der Waals surface area contributed by atoms with Gasteiger partial charge in [0.2, 0.25) is 0 Å². The van der Waals surface area contributed by atoms with E-state index in [1.165, 1.54) is 12.5 Å². The third kappa shape index (κ3) is 2.43. The van der Waals surface area contributed by atoms with Gasteiger partial charge in [-0.15, -0.1) is 0 Å². The van der Waals surface area contributed by atoms with Crippen molar-refractivity contribution in [2.24, 2.45) is 17.1 Å². The minimum absolute atomic E-state index is 0.0113. The second kappa shape index (κ2) is 5.75. The second-order valence-corrected chi connectivity index (χ2v) is 9.12. The van der Waals surface area contributed by atoms with Crippen molar-refractivity contribution in [1.82, 2.24) is 0 Å². The van der Waals surface area contributed by atoms with Crippen LogP contribution in [0.2, 0.25) is 0 Å². The van der Waals surface area contributed by atoms with Gasteiger partial charge < -0.3 is 25.3 Å². The van der Waals surface area contributed by atoms with Gasteiger partial charge >= 0.3 is 7.12 Å². The van der Waals surface area contributed by atoms with Gasteiger partial charge in [0.15, 0.2) is 0 Å². The van der Waals surface area contributed by atoms with Gasteiger partial charge in [-0.25, -0.2) is 0 Å². The first-order chi connectivity index (χ1) is 12.1. The molecular formula is C20H28BNO4. The predicted molar refractivity (Wildman–Crippen MR) is 102 cm³/mol. The maximum atomic E-state index is 10.2. The Balaban J connectivity index is 2.05. The van der Waals surface area contributed by atoms with Crippen molar-refractivity contribution in [2.45, 2.75) is 64.3 Å². The standard InChI is InChI=1S/C20H28BNO4/c1-19(2)7-4-8-20(3)15(19)6-5-14(22)18-16(20)12-9-11(23)10-13(21(24)25)17(12)26-18/h9-10,14-15,23-25H,4-8,22H2,1-3H3/t14?,15?,20-/m1/s1. The van der Waals surface area contributed by atoms with Crippen LogP contribution in [0, 0.1) is 11.3 Å². The quantitative estimate of drug-likeness (QED) is 0.588. The topological polar surface area (TPSA) is 99.9 Å². The molecule has 1 saturated carbocycles. The number of hydrogen-bond acceptors (Lipinski definition) is 5. The Morgan fingerprint density at radius 1 is 1.15 bits per heavy atom. The van der Waals surface area contributed by atoms with E-state index in [0.29, 0.717) is 11.5 Å². The van der Waals surface area contributed by atoms with E-state index >= 15 is 0 Å². The molecule has 3 atom stereocenters. The van der Waals surface area contributed by atoms with E-state index in [0.717, 1.165) is 42.4 Å². The highest BCUT2D eigenvalue weighted by atomic mass is 16.4. The minimum atomic E-state index is -1.71. The highest BCUT2D eigenvalue weighted by Gasteiger charge is 2.51. The molecule has 6 heteroatoms. The van der Waals surface area contributed by atoms with Crippen LogP contribution in [-0.2, 0) is 5.41 Å². The van der Waals surface area contributed by atoms with Gasteiger partial charge in [-0.2, -0.15) is 0 Å². The van der Waals surface area contributed by atoms with Crippen molar-refractivity contribution in [3.05, 3.63) is 23.5 Å². The molecule has 1 heterocycles. The minimum Gasteiger partial charge on any atom is -0.508 e. The van der Waals surface area contributed by atoms with E-state index in [2.05, 4.69) is 20.8 Å². The van der Waals surface area contributed by atoms with Crippen LogP contribution >= 0.6 is 0 Å². The molecule has 0 aliphatic heterocycles. The summed E-state index contributed by atoms with van der Waals surface area (Å²) in [5.41, 5.74) is 8.28. The van der Waals surface area contributed by atoms with Crippen molar-refractivity contribution in [2.75, 3.05) is 0 Å². The molecule has 2 unspecified atom stereocenters. The lowest BCUT2D eigenvalue weighted by molar-refractivity contribution is 0.0503. The molecule has 1 fully saturated rings. The number of aromatic hydroxyl groups is 1. The molecule has 5 nitrogen and oxygen atoms in total. The Morgan fingerprint density at radius 2 is 1.88 bits per heavy atom. The molecule has 0 spiro atoms. The first-order valence-corrected chi connectivity index (χ1v) is 9.56. The average Bonchev–Trinajstić information content (AvgIpc) is 2.87. The number of rotatable bonds is 1. The molecule has 140 valence electrons. The van der Waals surface area contributed by atoms with E-state index in [9.17, 15) is 15.2 Å². The van der Waals surface area contributed by atoms with Gasteiger partial charge in [-0.05, 0) is 54.6 Å². The number of hydrogen-bond donors (Lipinski definition) is 4. The molecule has 2 aliphatic rings. The van der Waals surface area contributed by atoms with Gasteiger partial charge in [0, 0.05) is 16.4 Å². The smallest absolute Gasteiger partial charge is 0.492 e. The predicted octanol–water partition coefficient (Wildman–Crippen LogP) is 2.70. The third-order valence-corrected chi connectivity index (χ3v) is 7.01. The molecule has 2 aliphatic carbocycles. The summed E-state index contributed by atoms with van der Waals surface area (Å²) >= 11 is 0. The Morgan fingerprint density at radius 3 is 2.58 bits per heavy atom. The van der Waals surface area contributed by atoms with Crippen molar-refractivity contribution in [3.8, 4) is 5.75 Å². The Bertz CT molecular complexity index is 859. The normalized spacial score (nSPS) is 30.5. The maximum Gasteiger partial charge on any atom is 0.492 e. The highest BCUT2D eigenvalue weighted by Crippen LogP contribution is 2.59. The molecule has 1 aromatic heterocycles. The summed E-state index contributed by atoms with van der Waals surface area (Å²) in [4.78, 5) is 0. The molecule has 5 N–H and O–H groups in total. The van der Waals surface area contributed by atoms with E-state index < -0.39 is 7.12 Å². The van der Waals surface area contributed by atoms with Crippen LogP contribution in [0.3, 0.4) is 0 Å². The summed E-state index contributed by atoms with van der Waals surface area (Å²) in [5, 5.41) is 30.5. The summed E-state index contributed by atoms with van der Waals surface area (Å²) in [7, 11) is -1.71. The van der Waals surface area contributed by atoms with Crippen molar-refractivity contribution >= 4 is 23.6 Å². The van der Waals surface area contributed by atoms with Gasteiger partial charge in [-0.3, -0.25) is 0 Å². The van der Waals surface area contributed by atoms with Crippen LogP contribution in [0.4, 0.5) is 0 Å². The molecule has 1 aromatic carbocycles. The fourth-order valence-electron chi connectivity index (χ4n) is 5.88. The Kier molecular flexibility index (Phi) is 3.96. The summed E-state index contributed by atoms with van der Waals surface area (Å²) in [6, 6.07) is 2.82. The molecule has 2 aromatic rings.